The smallest absolute Gasteiger partial charge is 0.170 e. The molecule has 5 rings (SSSR count). The van der Waals surface area contributed by atoms with Crippen LogP contribution in [0.4, 0.5) is 5.69 Å². The lowest BCUT2D eigenvalue weighted by atomic mass is 9.96. The molecular formula is C30H34N6S. The van der Waals surface area contributed by atoms with Gasteiger partial charge in [-0.1, -0.05) is 12.1 Å². The van der Waals surface area contributed by atoms with E-state index in [0.29, 0.717) is 6.54 Å². The van der Waals surface area contributed by atoms with Crippen LogP contribution >= 0.6 is 12.2 Å². The number of aromatic nitrogens is 3. The Hall–Kier alpha value is -3.71. The van der Waals surface area contributed by atoms with Crippen molar-refractivity contribution >= 4 is 23.0 Å². The summed E-state index contributed by atoms with van der Waals surface area (Å²) in [6, 6.07) is 21.3. The summed E-state index contributed by atoms with van der Waals surface area (Å²) < 4.78 is 2.35. The molecular weight excluding hydrogens is 476 g/mol. The van der Waals surface area contributed by atoms with Gasteiger partial charge in [-0.2, -0.15) is 0 Å². The quantitative estimate of drug-likeness (QED) is 0.298. The lowest BCUT2D eigenvalue weighted by molar-refractivity contribution is 0.310. The molecule has 2 unspecified atom stereocenters. The number of thiocarbonyl (C=S) groups is 1. The van der Waals surface area contributed by atoms with E-state index >= 15 is 0 Å². The molecule has 0 aliphatic carbocycles. The zero-order chi connectivity index (χ0) is 25.9. The van der Waals surface area contributed by atoms with Crippen LogP contribution in [0.3, 0.4) is 0 Å². The van der Waals surface area contributed by atoms with Gasteiger partial charge >= 0.3 is 0 Å². The van der Waals surface area contributed by atoms with Gasteiger partial charge in [-0.25, -0.2) is 0 Å². The van der Waals surface area contributed by atoms with Crippen LogP contribution in [0.2, 0.25) is 0 Å². The highest BCUT2D eigenvalue weighted by atomic mass is 32.1. The monoisotopic (exact) mass is 510 g/mol. The lowest BCUT2D eigenvalue weighted by Crippen LogP contribution is -2.29. The molecule has 1 aliphatic heterocycles. The first-order chi connectivity index (χ1) is 18.0. The summed E-state index contributed by atoms with van der Waals surface area (Å²) in [5, 5.41) is 4.31. The van der Waals surface area contributed by atoms with Crippen molar-refractivity contribution in [3.05, 3.63) is 107 Å². The average molecular weight is 511 g/mol. The van der Waals surface area contributed by atoms with Gasteiger partial charge in [0.25, 0.3) is 0 Å². The van der Waals surface area contributed by atoms with Crippen LogP contribution < -0.4 is 10.2 Å². The van der Waals surface area contributed by atoms with Crippen LogP contribution in [0, 0.1) is 13.8 Å². The second-order valence-electron chi connectivity index (χ2n) is 9.47. The molecule has 1 aliphatic rings. The van der Waals surface area contributed by atoms with Crippen molar-refractivity contribution in [3.63, 3.8) is 0 Å². The van der Waals surface area contributed by atoms with E-state index in [0.717, 1.165) is 29.5 Å². The highest BCUT2D eigenvalue weighted by molar-refractivity contribution is 7.80. The third-order valence-electron chi connectivity index (χ3n) is 7.30. The van der Waals surface area contributed by atoms with Crippen LogP contribution in [0.25, 0.3) is 5.69 Å². The molecule has 1 fully saturated rings. The predicted molar refractivity (Wildman–Crippen MR) is 154 cm³/mol. The molecule has 37 heavy (non-hydrogen) atoms. The Morgan fingerprint density at radius 2 is 1.76 bits per heavy atom. The number of pyridine rings is 2. The number of hydrogen-bond acceptors (Lipinski definition) is 4. The van der Waals surface area contributed by atoms with Crippen LogP contribution in [0.1, 0.15) is 54.1 Å². The van der Waals surface area contributed by atoms with E-state index in [2.05, 4.69) is 94.8 Å². The Kier molecular flexibility index (Phi) is 7.24. The van der Waals surface area contributed by atoms with E-state index in [4.69, 9.17) is 17.2 Å². The van der Waals surface area contributed by atoms with Gasteiger partial charge in [0.1, 0.15) is 0 Å². The zero-order valence-electron chi connectivity index (χ0n) is 21.9. The van der Waals surface area contributed by atoms with Crippen LogP contribution in [0.5, 0.6) is 0 Å². The Labute approximate surface area is 225 Å². The number of rotatable bonds is 8. The molecule has 0 radical (unpaired) electrons. The summed E-state index contributed by atoms with van der Waals surface area (Å²) in [5.74, 6) is 0. The maximum atomic E-state index is 5.89. The van der Waals surface area contributed by atoms with Gasteiger partial charge < -0.3 is 19.7 Å². The van der Waals surface area contributed by atoms with Crippen LogP contribution in [-0.2, 0) is 6.54 Å². The maximum absolute atomic E-state index is 5.89. The van der Waals surface area contributed by atoms with Crippen LogP contribution in [0.15, 0.2) is 79.3 Å². The van der Waals surface area contributed by atoms with Gasteiger partial charge in [-0.15, -0.1) is 0 Å². The minimum absolute atomic E-state index is 0.00231. The third-order valence-corrected chi connectivity index (χ3v) is 7.65. The van der Waals surface area contributed by atoms with Gasteiger partial charge in [0.15, 0.2) is 5.11 Å². The van der Waals surface area contributed by atoms with Gasteiger partial charge in [-0.3, -0.25) is 9.97 Å². The highest BCUT2D eigenvalue weighted by Crippen LogP contribution is 2.42. The van der Waals surface area contributed by atoms with E-state index in [-0.39, 0.29) is 12.1 Å². The number of anilines is 1. The molecule has 3 aromatic heterocycles. The van der Waals surface area contributed by atoms with Gasteiger partial charge in [0.05, 0.1) is 17.8 Å². The lowest BCUT2D eigenvalue weighted by Gasteiger charge is -2.28. The highest BCUT2D eigenvalue weighted by Gasteiger charge is 2.41. The first kappa shape index (κ1) is 25.0. The van der Waals surface area contributed by atoms with Crippen molar-refractivity contribution in [1.29, 1.82) is 0 Å². The SMILES string of the molecule is CCN(CC)c1ccc(-n2c(C)cc(C3C(c4ccccn4)NC(=S)N3Cc3cccnc3)c2C)cc1. The molecule has 6 nitrogen and oxygen atoms in total. The first-order valence-corrected chi connectivity index (χ1v) is 13.3. The molecule has 1 N–H and O–H groups in total. The van der Waals surface area contributed by atoms with E-state index in [1.165, 1.54) is 28.3 Å². The largest absolute Gasteiger partial charge is 0.372 e. The van der Waals surface area contributed by atoms with Crippen molar-refractivity contribution in [1.82, 2.24) is 24.8 Å². The molecule has 190 valence electrons. The predicted octanol–water partition coefficient (Wildman–Crippen LogP) is 5.90. The molecule has 1 aromatic carbocycles. The van der Waals surface area contributed by atoms with Crippen LogP contribution in [-0.4, -0.2) is 37.6 Å². The molecule has 0 spiro atoms. The van der Waals surface area contributed by atoms with E-state index < -0.39 is 0 Å². The zero-order valence-corrected chi connectivity index (χ0v) is 22.7. The van der Waals surface area contributed by atoms with Crippen molar-refractivity contribution < 1.29 is 0 Å². The molecule has 4 aromatic rings. The minimum Gasteiger partial charge on any atom is -0.372 e. The summed E-state index contributed by atoms with van der Waals surface area (Å²) in [6.07, 6.45) is 5.56. The molecule has 1 saturated heterocycles. The standard InChI is InChI=1S/C30H34N6S/c1-5-34(6-2)24-12-14-25(15-13-24)36-21(3)18-26(22(36)4)29-28(27-11-7-8-17-32-27)33-30(37)35(29)20-23-10-9-16-31-19-23/h7-19,28-29H,5-6,20H2,1-4H3,(H,33,37). The minimum atomic E-state index is -0.0515. The Morgan fingerprint density at radius 1 is 0.973 bits per heavy atom. The molecule has 7 heteroatoms. The fourth-order valence-corrected chi connectivity index (χ4v) is 5.79. The topological polar surface area (TPSA) is 49.2 Å². The molecule has 0 amide bonds. The molecule has 2 atom stereocenters. The average Bonchev–Trinajstić information content (AvgIpc) is 3.40. The first-order valence-electron chi connectivity index (χ1n) is 12.9. The number of benzene rings is 1. The second-order valence-corrected chi connectivity index (χ2v) is 9.85. The Balaban J connectivity index is 1.56. The van der Waals surface area contributed by atoms with Crippen molar-refractivity contribution in [2.45, 2.75) is 46.3 Å². The number of nitrogens with one attached hydrogen (secondary N) is 1. The maximum Gasteiger partial charge on any atom is 0.170 e. The van der Waals surface area contributed by atoms with Crippen molar-refractivity contribution in [3.8, 4) is 5.69 Å². The van der Waals surface area contributed by atoms with E-state index in [9.17, 15) is 0 Å². The summed E-state index contributed by atoms with van der Waals surface area (Å²) in [5.41, 5.74) is 8.18. The van der Waals surface area contributed by atoms with Crippen molar-refractivity contribution in [2.24, 2.45) is 0 Å². The third kappa shape index (κ3) is 4.83. The number of hydrogen-bond donors (Lipinski definition) is 1. The fourth-order valence-electron chi connectivity index (χ4n) is 5.49. The van der Waals surface area contributed by atoms with E-state index in [1.54, 1.807) is 6.20 Å². The molecule has 4 heterocycles. The normalized spacial score (nSPS) is 17.2. The second kappa shape index (κ2) is 10.7. The number of aryl methyl sites for hydroxylation is 1. The van der Waals surface area contributed by atoms with Gasteiger partial charge in [0, 0.05) is 61.0 Å². The molecule has 0 saturated carbocycles. The van der Waals surface area contributed by atoms with Gasteiger partial charge in [0.2, 0.25) is 0 Å². The summed E-state index contributed by atoms with van der Waals surface area (Å²) >= 11 is 5.89. The van der Waals surface area contributed by atoms with Crippen molar-refractivity contribution in [2.75, 3.05) is 18.0 Å². The summed E-state index contributed by atoms with van der Waals surface area (Å²) in [4.78, 5) is 13.7. The molecule has 0 bridgehead atoms. The Bertz CT molecular complexity index is 1350. The Morgan fingerprint density at radius 3 is 2.41 bits per heavy atom. The summed E-state index contributed by atoms with van der Waals surface area (Å²) in [6.45, 7) is 11.4. The summed E-state index contributed by atoms with van der Waals surface area (Å²) in [7, 11) is 0. The number of nitrogens with zero attached hydrogens (tertiary/aromatic N) is 5. The van der Waals surface area contributed by atoms with Gasteiger partial charge in [-0.05, 0) is 99.6 Å². The van der Waals surface area contributed by atoms with E-state index in [1.807, 2.05) is 30.6 Å². The fraction of sp³-hybridized carbons (Fsp3) is 0.300.